The monoisotopic (exact) mass is 436 g/mol. The summed E-state index contributed by atoms with van der Waals surface area (Å²) in [5.74, 6) is -0.154. The van der Waals surface area contributed by atoms with E-state index in [-0.39, 0.29) is 23.7 Å². The van der Waals surface area contributed by atoms with Crippen LogP contribution in [0.3, 0.4) is 0 Å². The molecule has 1 aliphatic rings. The molecule has 1 aromatic carbocycles. The van der Waals surface area contributed by atoms with E-state index in [9.17, 15) is 14.3 Å². The maximum atomic E-state index is 13.1. The van der Waals surface area contributed by atoms with Crippen molar-refractivity contribution in [1.82, 2.24) is 19.4 Å². The number of nitrogens with zero attached hydrogens (tertiary/aromatic N) is 4. The van der Waals surface area contributed by atoms with Crippen molar-refractivity contribution >= 4 is 17.7 Å². The molecule has 3 heterocycles. The lowest BCUT2D eigenvalue weighted by Crippen LogP contribution is -2.48. The largest absolute Gasteiger partial charge is 0.388 e. The number of rotatable bonds is 7. The average Bonchev–Trinajstić information content (AvgIpc) is 2.80. The molecule has 8 nitrogen and oxygen atoms in total. The van der Waals surface area contributed by atoms with Gasteiger partial charge < -0.3 is 15.8 Å². The molecule has 2 aromatic heterocycles. The highest BCUT2D eigenvalue weighted by atomic mass is 19.1. The SMILES string of the molecule is N=Cc1c(Nc2ccc(F)cc2)ncn(CC2(O)CCN(Cc3ccncc3)CC2)c1=O. The van der Waals surface area contributed by atoms with Crippen LogP contribution in [0.1, 0.15) is 24.0 Å². The van der Waals surface area contributed by atoms with Crippen LogP contribution in [0.5, 0.6) is 0 Å². The van der Waals surface area contributed by atoms with Crippen LogP contribution < -0.4 is 10.9 Å². The first-order chi connectivity index (χ1) is 15.5. The van der Waals surface area contributed by atoms with Crippen LogP contribution in [0, 0.1) is 11.2 Å². The van der Waals surface area contributed by atoms with E-state index >= 15 is 0 Å². The molecule has 1 saturated heterocycles. The van der Waals surface area contributed by atoms with Gasteiger partial charge in [0.25, 0.3) is 5.56 Å². The topological polar surface area (TPSA) is 107 Å². The van der Waals surface area contributed by atoms with Gasteiger partial charge in [-0.15, -0.1) is 0 Å². The zero-order valence-electron chi connectivity index (χ0n) is 17.5. The number of piperidine rings is 1. The number of nitrogens with one attached hydrogen (secondary N) is 2. The van der Waals surface area contributed by atoms with Crippen LogP contribution in [0.4, 0.5) is 15.9 Å². The second-order valence-corrected chi connectivity index (χ2v) is 8.07. The molecule has 166 valence electrons. The zero-order valence-corrected chi connectivity index (χ0v) is 17.5. The molecule has 0 unspecified atom stereocenters. The molecule has 1 fully saturated rings. The third-order valence-electron chi connectivity index (χ3n) is 5.73. The summed E-state index contributed by atoms with van der Waals surface area (Å²) < 4.78 is 14.5. The van der Waals surface area contributed by atoms with E-state index in [0.29, 0.717) is 31.6 Å². The number of likely N-dealkylation sites (tertiary alicyclic amines) is 1. The number of hydrogen-bond donors (Lipinski definition) is 3. The second kappa shape index (κ2) is 9.37. The average molecular weight is 436 g/mol. The van der Waals surface area contributed by atoms with E-state index in [4.69, 9.17) is 5.41 Å². The summed E-state index contributed by atoms with van der Waals surface area (Å²) in [5, 5.41) is 21.7. The summed E-state index contributed by atoms with van der Waals surface area (Å²) in [7, 11) is 0. The fraction of sp³-hybridized carbons (Fsp3) is 0.304. The highest BCUT2D eigenvalue weighted by molar-refractivity contribution is 5.85. The van der Waals surface area contributed by atoms with Crippen molar-refractivity contribution in [2.45, 2.75) is 31.5 Å². The van der Waals surface area contributed by atoms with Crippen molar-refractivity contribution in [3.05, 3.63) is 82.4 Å². The van der Waals surface area contributed by atoms with E-state index in [1.807, 2.05) is 12.1 Å². The summed E-state index contributed by atoms with van der Waals surface area (Å²) in [5.41, 5.74) is 0.374. The van der Waals surface area contributed by atoms with Gasteiger partial charge in [-0.25, -0.2) is 9.37 Å². The van der Waals surface area contributed by atoms with Crippen LogP contribution in [0.2, 0.25) is 0 Å². The van der Waals surface area contributed by atoms with Crippen LogP contribution in [0.25, 0.3) is 0 Å². The molecule has 9 heteroatoms. The summed E-state index contributed by atoms with van der Waals surface area (Å²) in [4.78, 5) is 23.5. The van der Waals surface area contributed by atoms with E-state index in [0.717, 1.165) is 12.8 Å². The van der Waals surface area contributed by atoms with Gasteiger partial charge in [-0.2, -0.15) is 0 Å². The molecule has 0 radical (unpaired) electrons. The summed E-state index contributed by atoms with van der Waals surface area (Å²) in [6, 6.07) is 9.60. The molecule has 0 amide bonds. The lowest BCUT2D eigenvalue weighted by atomic mass is 9.91. The van der Waals surface area contributed by atoms with Crippen molar-refractivity contribution in [1.29, 1.82) is 5.41 Å². The summed E-state index contributed by atoms with van der Waals surface area (Å²) in [6.45, 7) is 2.33. The minimum absolute atomic E-state index is 0.0792. The molecule has 0 spiro atoms. The van der Waals surface area contributed by atoms with Crippen LogP contribution in [0.15, 0.2) is 59.9 Å². The van der Waals surface area contributed by atoms with Gasteiger partial charge in [0.1, 0.15) is 17.2 Å². The Kier molecular flexibility index (Phi) is 6.38. The Hall–Kier alpha value is -3.43. The van der Waals surface area contributed by atoms with E-state index < -0.39 is 11.2 Å². The normalized spacial score (nSPS) is 15.9. The number of pyridine rings is 1. The molecule has 32 heavy (non-hydrogen) atoms. The first kappa shape index (κ1) is 21.8. The molecule has 3 aromatic rings. The maximum Gasteiger partial charge on any atom is 0.264 e. The van der Waals surface area contributed by atoms with Crippen LogP contribution in [-0.2, 0) is 13.1 Å². The molecule has 0 saturated carbocycles. The molecular formula is C23H25FN6O2. The minimum Gasteiger partial charge on any atom is -0.388 e. The van der Waals surface area contributed by atoms with Crippen molar-refractivity contribution in [2.24, 2.45) is 0 Å². The van der Waals surface area contributed by atoms with Gasteiger partial charge in [0, 0.05) is 43.9 Å². The molecule has 0 atom stereocenters. The van der Waals surface area contributed by atoms with Gasteiger partial charge in [-0.1, -0.05) is 0 Å². The molecule has 0 aliphatic carbocycles. The van der Waals surface area contributed by atoms with Crippen LogP contribution in [-0.4, -0.2) is 49.4 Å². The Balaban J connectivity index is 1.44. The number of aromatic nitrogens is 3. The first-order valence-electron chi connectivity index (χ1n) is 10.4. The molecular weight excluding hydrogens is 411 g/mol. The quantitative estimate of drug-likeness (QED) is 0.492. The highest BCUT2D eigenvalue weighted by Gasteiger charge is 2.33. The predicted molar refractivity (Wildman–Crippen MR) is 120 cm³/mol. The zero-order chi connectivity index (χ0) is 22.6. The maximum absolute atomic E-state index is 13.1. The van der Waals surface area contributed by atoms with E-state index in [1.165, 1.54) is 40.7 Å². The van der Waals surface area contributed by atoms with Crippen molar-refractivity contribution in [3.63, 3.8) is 0 Å². The predicted octanol–water partition coefficient (Wildman–Crippen LogP) is 2.55. The summed E-state index contributed by atoms with van der Waals surface area (Å²) >= 11 is 0. The van der Waals surface area contributed by atoms with Gasteiger partial charge in [-0.3, -0.25) is 19.2 Å². The fourth-order valence-electron chi connectivity index (χ4n) is 3.87. The lowest BCUT2D eigenvalue weighted by molar-refractivity contribution is -0.0365. The van der Waals surface area contributed by atoms with Crippen molar-refractivity contribution < 1.29 is 9.50 Å². The first-order valence-corrected chi connectivity index (χ1v) is 10.4. The van der Waals surface area contributed by atoms with Gasteiger partial charge in [0.2, 0.25) is 0 Å². The smallest absolute Gasteiger partial charge is 0.264 e. The highest BCUT2D eigenvalue weighted by Crippen LogP contribution is 2.25. The Morgan fingerprint density at radius 1 is 1.16 bits per heavy atom. The van der Waals surface area contributed by atoms with Gasteiger partial charge in [0.15, 0.2) is 0 Å². The number of benzene rings is 1. The van der Waals surface area contributed by atoms with Gasteiger partial charge in [0.05, 0.1) is 18.5 Å². The van der Waals surface area contributed by atoms with Gasteiger partial charge in [-0.05, 0) is 54.8 Å². The molecule has 4 rings (SSSR count). The lowest BCUT2D eigenvalue weighted by Gasteiger charge is -2.38. The molecule has 3 N–H and O–H groups in total. The number of halogens is 1. The minimum atomic E-state index is -1.02. The Labute approximate surface area is 184 Å². The Morgan fingerprint density at radius 3 is 2.50 bits per heavy atom. The van der Waals surface area contributed by atoms with Crippen molar-refractivity contribution in [3.8, 4) is 0 Å². The Bertz CT molecular complexity index is 1130. The van der Waals surface area contributed by atoms with Crippen LogP contribution >= 0.6 is 0 Å². The fourth-order valence-corrected chi connectivity index (χ4v) is 3.87. The third kappa shape index (κ3) is 5.06. The van der Waals surface area contributed by atoms with Crippen molar-refractivity contribution in [2.75, 3.05) is 18.4 Å². The number of anilines is 2. The third-order valence-corrected chi connectivity index (χ3v) is 5.73. The summed E-state index contributed by atoms with van der Waals surface area (Å²) in [6.07, 6.45) is 6.91. The Morgan fingerprint density at radius 2 is 1.84 bits per heavy atom. The number of aliphatic hydroxyl groups is 1. The van der Waals surface area contributed by atoms with E-state index in [1.54, 1.807) is 12.4 Å². The number of hydrogen-bond acceptors (Lipinski definition) is 7. The molecule has 0 bridgehead atoms. The standard InChI is InChI=1S/C23H25FN6O2/c24-18-1-3-19(4-2-18)28-21-20(13-25)22(31)30(16-27-21)15-23(32)7-11-29(12-8-23)14-17-5-9-26-10-6-17/h1-6,9-10,13,16,25,28,32H,7-8,11-12,14-15H2. The van der Waals surface area contributed by atoms with Gasteiger partial charge >= 0.3 is 0 Å². The van der Waals surface area contributed by atoms with E-state index in [2.05, 4.69) is 20.2 Å². The second-order valence-electron chi connectivity index (χ2n) is 8.07. The molecule has 1 aliphatic heterocycles.